The van der Waals surface area contributed by atoms with Gasteiger partial charge in [-0.25, -0.2) is 0 Å². The molecule has 0 unspecified atom stereocenters. The molecule has 6 heteroatoms. The fourth-order valence-electron chi connectivity index (χ4n) is 3.16. The van der Waals surface area contributed by atoms with Crippen LogP contribution in [0.3, 0.4) is 0 Å². The van der Waals surface area contributed by atoms with E-state index in [1.807, 2.05) is 12.1 Å². The molecule has 1 heterocycles. The Balaban J connectivity index is 1.74. The van der Waals surface area contributed by atoms with Gasteiger partial charge in [0.15, 0.2) is 6.61 Å². The molecule has 0 saturated carbocycles. The van der Waals surface area contributed by atoms with E-state index in [9.17, 15) is 14.4 Å². The number of likely N-dealkylation sites (tertiary alicyclic amines) is 1. The molecule has 2 amide bonds. The Kier molecular flexibility index (Phi) is 8.03. The number of nitrogens with one attached hydrogen (secondary N) is 1. The van der Waals surface area contributed by atoms with Crippen LogP contribution in [0.15, 0.2) is 24.3 Å². The van der Waals surface area contributed by atoms with Crippen molar-refractivity contribution in [2.75, 3.05) is 26.2 Å². The molecule has 6 nitrogen and oxygen atoms in total. The number of hydrogen-bond acceptors (Lipinski definition) is 4. The summed E-state index contributed by atoms with van der Waals surface area (Å²) in [7, 11) is 0. The lowest BCUT2D eigenvalue weighted by Crippen LogP contribution is -2.38. The van der Waals surface area contributed by atoms with E-state index in [0.717, 1.165) is 44.3 Å². The first kappa shape index (κ1) is 21.9. The smallest absolute Gasteiger partial charge is 0.325 e. The highest BCUT2D eigenvalue weighted by Crippen LogP contribution is 2.22. The molecule has 0 atom stereocenters. The van der Waals surface area contributed by atoms with Gasteiger partial charge < -0.3 is 15.0 Å². The SMILES string of the molecule is CC(C)(C)c1ccc(C(=O)NCC(=O)OCC(=O)N2CCCCCCC2)cc1. The molecule has 154 valence electrons. The van der Waals surface area contributed by atoms with E-state index in [1.165, 1.54) is 6.42 Å². The van der Waals surface area contributed by atoms with Crippen LogP contribution in [0.1, 0.15) is 68.8 Å². The zero-order valence-corrected chi connectivity index (χ0v) is 17.3. The second-order valence-corrected chi connectivity index (χ2v) is 8.32. The molecule has 1 fully saturated rings. The Morgan fingerprint density at radius 1 is 0.964 bits per heavy atom. The van der Waals surface area contributed by atoms with Gasteiger partial charge in [0.1, 0.15) is 6.54 Å². The van der Waals surface area contributed by atoms with Gasteiger partial charge in [0, 0.05) is 18.7 Å². The standard InChI is InChI=1S/C22H32N2O4/c1-22(2,3)18-11-9-17(10-12-18)21(27)23-15-20(26)28-16-19(25)24-13-7-5-4-6-8-14-24/h9-12H,4-8,13-16H2,1-3H3,(H,23,27). The highest BCUT2D eigenvalue weighted by atomic mass is 16.5. The topological polar surface area (TPSA) is 75.7 Å². The number of amides is 2. The minimum atomic E-state index is -0.611. The summed E-state index contributed by atoms with van der Waals surface area (Å²) < 4.78 is 5.03. The average Bonchev–Trinajstić information content (AvgIpc) is 2.63. The zero-order valence-electron chi connectivity index (χ0n) is 17.3. The van der Waals surface area contributed by atoms with Crippen LogP contribution in [0.4, 0.5) is 0 Å². The first-order chi connectivity index (χ1) is 13.3. The van der Waals surface area contributed by atoms with Crippen molar-refractivity contribution in [3.05, 3.63) is 35.4 Å². The van der Waals surface area contributed by atoms with E-state index in [0.29, 0.717) is 5.56 Å². The van der Waals surface area contributed by atoms with Crippen molar-refractivity contribution in [3.8, 4) is 0 Å². The maximum Gasteiger partial charge on any atom is 0.325 e. The fourth-order valence-corrected chi connectivity index (χ4v) is 3.16. The van der Waals surface area contributed by atoms with Crippen molar-refractivity contribution in [2.45, 2.75) is 58.3 Å². The summed E-state index contributed by atoms with van der Waals surface area (Å²) in [5, 5.41) is 2.54. The predicted molar refractivity (Wildman–Crippen MR) is 108 cm³/mol. The lowest BCUT2D eigenvalue weighted by Gasteiger charge is -2.24. The van der Waals surface area contributed by atoms with Gasteiger partial charge in [-0.15, -0.1) is 0 Å². The molecule has 1 aromatic carbocycles. The summed E-state index contributed by atoms with van der Waals surface area (Å²) in [5.74, 6) is -1.12. The van der Waals surface area contributed by atoms with Gasteiger partial charge in [0.2, 0.25) is 0 Å². The van der Waals surface area contributed by atoms with E-state index < -0.39 is 5.97 Å². The third-order valence-electron chi connectivity index (χ3n) is 4.97. The Hall–Kier alpha value is -2.37. The molecule has 28 heavy (non-hydrogen) atoms. The normalized spacial score (nSPS) is 15.3. The van der Waals surface area contributed by atoms with Crippen LogP contribution >= 0.6 is 0 Å². The van der Waals surface area contributed by atoms with Crippen LogP contribution in [0.2, 0.25) is 0 Å². The Morgan fingerprint density at radius 3 is 2.11 bits per heavy atom. The second kappa shape index (κ2) is 10.2. The maximum atomic E-state index is 12.2. The highest BCUT2D eigenvalue weighted by molar-refractivity contribution is 5.96. The minimum absolute atomic E-state index is 0.0118. The second-order valence-electron chi connectivity index (χ2n) is 8.32. The molecule has 0 aliphatic carbocycles. The van der Waals surface area contributed by atoms with Crippen LogP contribution < -0.4 is 5.32 Å². The molecule has 0 radical (unpaired) electrons. The van der Waals surface area contributed by atoms with E-state index in [2.05, 4.69) is 26.1 Å². The van der Waals surface area contributed by atoms with E-state index in [1.54, 1.807) is 17.0 Å². The van der Waals surface area contributed by atoms with Gasteiger partial charge >= 0.3 is 5.97 Å². The third kappa shape index (κ3) is 6.98. The number of carbonyl (C=O) groups is 3. The Labute approximate surface area is 167 Å². The molecule has 1 N–H and O–H groups in total. The van der Waals surface area contributed by atoms with E-state index >= 15 is 0 Å². The van der Waals surface area contributed by atoms with Crippen LogP contribution in [0.25, 0.3) is 0 Å². The summed E-state index contributed by atoms with van der Waals surface area (Å²) in [5.41, 5.74) is 1.63. The fraction of sp³-hybridized carbons (Fsp3) is 0.591. The molecular weight excluding hydrogens is 356 g/mol. The highest BCUT2D eigenvalue weighted by Gasteiger charge is 2.18. The van der Waals surface area contributed by atoms with Gasteiger partial charge in [-0.1, -0.05) is 52.2 Å². The maximum absolute atomic E-state index is 12.2. The van der Waals surface area contributed by atoms with Gasteiger partial charge in [0.05, 0.1) is 0 Å². The van der Waals surface area contributed by atoms with E-state index in [4.69, 9.17) is 4.74 Å². The summed E-state index contributed by atoms with van der Waals surface area (Å²) >= 11 is 0. The molecule has 0 aromatic heterocycles. The molecule has 1 aromatic rings. The molecular formula is C22H32N2O4. The van der Waals surface area contributed by atoms with Gasteiger partial charge in [-0.3, -0.25) is 14.4 Å². The van der Waals surface area contributed by atoms with Crippen LogP contribution in [-0.2, 0) is 19.7 Å². The number of ether oxygens (including phenoxy) is 1. The summed E-state index contributed by atoms with van der Waals surface area (Å²) in [6.45, 7) is 7.23. The van der Waals surface area contributed by atoms with Crippen molar-refractivity contribution >= 4 is 17.8 Å². The lowest BCUT2D eigenvalue weighted by atomic mass is 9.87. The zero-order chi connectivity index (χ0) is 20.6. The number of carbonyl (C=O) groups excluding carboxylic acids is 3. The molecule has 1 saturated heterocycles. The molecule has 2 rings (SSSR count). The summed E-state index contributed by atoms with van der Waals surface area (Å²) in [6, 6.07) is 7.31. The third-order valence-corrected chi connectivity index (χ3v) is 4.97. The largest absolute Gasteiger partial charge is 0.454 e. The molecule has 0 spiro atoms. The first-order valence-corrected chi connectivity index (χ1v) is 10.1. The first-order valence-electron chi connectivity index (χ1n) is 10.1. The van der Waals surface area contributed by atoms with Crippen LogP contribution in [0, 0.1) is 0 Å². The van der Waals surface area contributed by atoms with Crippen LogP contribution in [0.5, 0.6) is 0 Å². The average molecular weight is 389 g/mol. The molecule has 1 aliphatic rings. The lowest BCUT2D eigenvalue weighted by molar-refractivity contribution is -0.151. The Morgan fingerprint density at radius 2 is 1.54 bits per heavy atom. The van der Waals surface area contributed by atoms with Crippen molar-refractivity contribution in [3.63, 3.8) is 0 Å². The van der Waals surface area contributed by atoms with Crippen molar-refractivity contribution in [2.24, 2.45) is 0 Å². The molecule has 1 aliphatic heterocycles. The summed E-state index contributed by atoms with van der Waals surface area (Å²) in [4.78, 5) is 38.0. The minimum Gasteiger partial charge on any atom is -0.454 e. The van der Waals surface area contributed by atoms with Crippen LogP contribution in [-0.4, -0.2) is 48.9 Å². The number of hydrogen-bond donors (Lipinski definition) is 1. The van der Waals surface area contributed by atoms with Gasteiger partial charge in [-0.2, -0.15) is 0 Å². The van der Waals surface area contributed by atoms with Crippen molar-refractivity contribution in [1.82, 2.24) is 10.2 Å². The van der Waals surface area contributed by atoms with E-state index in [-0.39, 0.29) is 30.4 Å². The Bertz CT molecular complexity index is 669. The number of rotatable bonds is 5. The van der Waals surface area contributed by atoms with Gasteiger partial charge in [0.25, 0.3) is 11.8 Å². The predicted octanol–water partition coefficient (Wildman–Crippen LogP) is 3.05. The molecule has 0 bridgehead atoms. The van der Waals surface area contributed by atoms with Crippen molar-refractivity contribution < 1.29 is 19.1 Å². The summed E-state index contributed by atoms with van der Waals surface area (Å²) in [6.07, 6.45) is 5.46. The van der Waals surface area contributed by atoms with Gasteiger partial charge in [-0.05, 0) is 36.0 Å². The van der Waals surface area contributed by atoms with Crippen molar-refractivity contribution in [1.29, 1.82) is 0 Å². The number of esters is 1. The quantitative estimate of drug-likeness (QED) is 0.787. The monoisotopic (exact) mass is 388 g/mol. The number of benzene rings is 1. The number of nitrogens with zero attached hydrogens (tertiary/aromatic N) is 1.